The molecule has 2 rings (SSSR count). The normalized spacial score (nSPS) is 20.1. The summed E-state index contributed by atoms with van der Waals surface area (Å²) in [7, 11) is -1.89. The van der Waals surface area contributed by atoms with Gasteiger partial charge in [-0.1, -0.05) is 11.6 Å². The summed E-state index contributed by atoms with van der Waals surface area (Å²) in [6.45, 7) is 0.693. The van der Waals surface area contributed by atoms with Crippen molar-refractivity contribution in [1.82, 2.24) is 9.62 Å². The Balaban J connectivity index is 2.17. The van der Waals surface area contributed by atoms with E-state index in [2.05, 4.69) is 9.62 Å². The van der Waals surface area contributed by atoms with Crippen molar-refractivity contribution in [3.8, 4) is 0 Å². The van der Waals surface area contributed by atoms with Gasteiger partial charge in [0.15, 0.2) is 0 Å². The van der Waals surface area contributed by atoms with Gasteiger partial charge in [-0.25, -0.2) is 17.5 Å². The van der Waals surface area contributed by atoms with Crippen LogP contribution in [0.4, 0.5) is 4.39 Å². The fourth-order valence-corrected chi connectivity index (χ4v) is 3.72. The molecular weight excluding hydrogens is 319 g/mol. The molecule has 1 aliphatic rings. The van der Waals surface area contributed by atoms with Crippen LogP contribution >= 0.6 is 11.6 Å². The average molecular weight is 337 g/mol. The lowest BCUT2D eigenvalue weighted by Crippen LogP contribution is -2.38. The maximum Gasteiger partial charge on any atom is 0.240 e. The summed E-state index contributed by atoms with van der Waals surface area (Å²) < 4.78 is 40.5. The number of hydrogen-bond donors (Lipinski definition) is 2. The summed E-state index contributed by atoms with van der Waals surface area (Å²) in [5.41, 5.74) is 0.0510. The second-order valence-electron chi connectivity index (χ2n) is 5.16. The van der Waals surface area contributed by atoms with Crippen molar-refractivity contribution < 1.29 is 17.9 Å². The standard InChI is InChI=1S/C13H18ClFN2O3S/c1-17-4-2-3-10(17)7-16-21(19,20)11-5-9(8-18)13(14)12(15)6-11/h5-6,10,16,18H,2-4,7-8H2,1H3. The number of sulfonamides is 1. The third-order valence-corrected chi connectivity index (χ3v) is 5.56. The zero-order valence-corrected chi connectivity index (χ0v) is 13.2. The molecule has 118 valence electrons. The molecule has 0 bridgehead atoms. The van der Waals surface area contributed by atoms with Crippen LogP contribution in [0.25, 0.3) is 0 Å². The molecule has 0 aliphatic carbocycles. The molecule has 5 nitrogen and oxygen atoms in total. The SMILES string of the molecule is CN1CCCC1CNS(=O)(=O)c1cc(F)c(Cl)c(CO)c1. The van der Waals surface area contributed by atoms with E-state index in [9.17, 15) is 12.8 Å². The van der Waals surface area contributed by atoms with Gasteiger partial charge in [0.1, 0.15) is 5.82 Å². The number of nitrogens with zero attached hydrogens (tertiary/aromatic N) is 1. The van der Waals surface area contributed by atoms with Gasteiger partial charge in [-0.05, 0) is 38.6 Å². The van der Waals surface area contributed by atoms with Crippen molar-refractivity contribution in [1.29, 1.82) is 0 Å². The van der Waals surface area contributed by atoms with E-state index in [1.54, 1.807) is 0 Å². The lowest BCUT2D eigenvalue weighted by Gasteiger charge is -2.19. The minimum atomic E-state index is -3.83. The molecule has 1 atom stereocenters. The van der Waals surface area contributed by atoms with Gasteiger partial charge < -0.3 is 10.0 Å². The van der Waals surface area contributed by atoms with Gasteiger partial charge in [-0.2, -0.15) is 0 Å². The van der Waals surface area contributed by atoms with E-state index in [0.29, 0.717) is 0 Å². The first-order chi connectivity index (χ1) is 9.85. The Morgan fingerprint density at radius 3 is 2.81 bits per heavy atom. The largest absolute Gasteiger partial charge is 0.392 e. The Hall–Kier alpha value is -0.730. The van der Waals surface area contributed by atoms with Gasteiger partial charge in [0.05, 0.1) is 16.5 Å². The van der Waals surface area contributed by atoms with Crippen molar-refractivity contribution in [2.45, 2.75) is 30.4 Å². The molecule has 0 amide bonds. The van der Waals surface area contributed by atoms with Gasteiger partial charge in [-0.15, -0.1) is 0 Å². The van der Waals surface area contributed by atoms with E-state index < -0.39 is 22.4 Å². The summed E-state index contributed by atoms with van der Waals surface area (Å²) in [5.74, 6) is -0.860. The highest BCUT2D eigenvalue weighted by atomic mass is 35.5. The second-order valence-corrected chi connectivity index (χ2v) is 7.31. The van der Waals surface area contributed by atoms with Gasteiger partial charge in [0, 0.05) is 18.2 Å². The number of nitrogens with one attached hydrogen (secondary N) is 1. The number of hydrogen-bond acceptors (Lipinski definition) is 4. The number of aliphatic hydroxyl groups excluding tert-OH is 1. The highest BCUT2D eigenvalue weighted by molar-refractivity contribution is 7.89. The van der Waals surface area contributed by atoms with Crippen LogP contribution in [0.1, 0.15) is 18.4 Å². The van der Waals surface area contributed by atoms with E-state index in [4.69, 9.17) is 16.7 Å². The smallest absolute Gasteiger partial charge is 0.240 e. The van der Waals surface area contributed by atoms with Gasteiger partial charge in [0.2, 0.25) is 10.0 Å². The highest BCUT2D eigenvalue weighted by Gasteiger charge is 2.24. The number of halogens is 2. The summed E-state index contributed by atoms with van der Waals surface area (Å²) >= 11 is 5.66. The third kappa shape index (κ3) is 3.73. The van der Waals surface area contributed by atoms with E-state index in [1.807, 2.05) is 7.05 Å². The minimum Gasteiger partial charge on any atom is -0.392 e. The summed E-state index contributed by atoms with van der Waals surface area (Å²) in [5, 5.41) is 8.84. The van der Waals surface area contributed by atoms with E-state index in [-0.39, 0.29) is 28.1 Å². The van der Waals surface area contributed by atoms with Crippen LogP contribution in [-0.2, 0) is 16.6 Å². The fraction of sp³-hybridized carbons (Fsp3) is 0.538. The van der Waals surface area contributed by atoms with Crippen LogP contribution in [0.5, 0.6) is 0 Å². The zero-order valence-electron chi connectivity index (χ0n) is 11.6. The molecule has 1 fully saturated rings. The number of benzene rings is 1. The van der Waals surface area contributed by atoms with Crippen LogP contribution in [0, 0.1) is 5.82 Å². The predicted molar refractivity (Wildman–Crippen MR) is 78.2 cm³/mol. The quantitative estimate of drug-likeness (QED) is 0.851. The summed E-state index contributed by atoms with van der Waals surface area (Å²) in [6.07, 6.45) is 1.96. The number of rotatable bonds is 5. The number of likely N-dealkylation sites (N-methyl/N-ethyl adjacent to an activating group) is 1. The average Bonchev–Trinajstić information content (AvgIpc) is 2.85. The molecule has 0 aromatic heterocycles. The van der Waals surface area contributed by atoms with Gasteiger partial charge in [-0.3, -0.25) is 0 Å². The molecule has 1 unspecified atom stereocenters. The first-order valence-electron chi connectivity index (χ1n) is 6.64. The Bertz CT molecular complexity index is 624. The van der Waals surface area contributed by atoms with Crippen LogP contribution < -0.4 is 4.72 Å². The maximum atomic E-state index is 13.6. The van der Waals surface area contributed by atoms with Crippen LogP contribution in [-0.4, -0.2) is 44.6 Å². The Morgan fingerprint density at radius 1 is 1.52 bits per heavy atom. The summed E-state index contributed by atoms with van der Waals surface area (Å²) in [4.78, 5) is 1.86. The zero-order chi connectivity index (χ0) is 15.6. The third-order valence-electron chi connectivity index (χ3n) is 3.74. The molecule has 8 heteroatoms. The minimum absolute atomic E-state index is 0.0510. The van der Waals surface area contributed by atoms with Gasteiger partial charge >= 0.3 is 0 Å². The molecular formula is C13H18ClFN2O3S. The molecule has 0 saturated carbocycles. The molecule has 21 heavy (non-hydrogen) atoms. The second kappa shape index (κ2) is 6.58. The van der Waals surface area contributed by atoms with Crippen LogP contribution in [0.2, 0.25) is 5.02 Å². The molecule has 1 aliphatic heterocycles. The fourth-order valence-electron chi connectivity index (χ4n) is 2.42. The first kappa shape index (κ1) is 16.6. The summed E-state index contributed by atoms with van der Waals surface area (Å²) in [6, 6.07) is 2.20. The monoisotopic (exact) mass is 336 g/mol. The molecule has 2 N–H and O–H groups in total. The number of likely N-dealkylation sites (tertiary alicyclic amines) is 1. The van der Waals surface area contributed by atoms with E-state index in [0.717, 1.165) is 25.5 Å². The lowest BCUT2D eigenvalue weighted by molar-refractivity contribution is 0.281. The highest BCUT2D eigenvalue weighted by Crippen LogP contribution is 2.24. The van der Waals surface area contributed by atoms with Crippen LogP contribution in [0.3, 0.4) is 0 Å². The molecule has 1 aromatic carbocycles. The van der Waals surface area contributed by atoms with Crippen LogP contribution in [0.15, 0.2) is 17.0 Å². The van der Waals surface area contributed by atoms with Crippen molar-refractivity contribution in [2.24, 2.45) is 0 Å². The molecule has 0 radical (unpaired) electrons. The first-order valence-corrected chi connectivity index (χ1v) is 8.50. The Morgan fingerprint density at radius 2 is 2.24 bits per heavy atom. The van der Waals surface area contributed by atoms with Crippen molar-refractivity contribution in [2.75, 3.05) is 20.1 Å². The lowest BCUT2D eigenvalue weighted by atomic mass is 10.2. The van der Waals surface area contributed by atoms with Crippen molar-refractivity contribution in [3.05, 3.63) is 28.5 Å². The molecule has 0 spiro atoms. The molecule has 1 saturated heterocycles. The Labute approximate surface area is 128 Å². The number of aliphatic hydroxyl groups is 1. The van der Waals surface area contributed by atoms with Crippen molar-refractivity contribution in [3.63, 3.8) is 0 Å². The topological polar surface area (TPSA) is 69.6 Å². The molecule has 1 aromatic rings. The molecule has 1 heterocycles. The predicted octanol–water partition coefficient (Wildman–Crippen LogP) is 1.34. The van der Waals surface area contributed by atoms with E-state index >= 15 is 0 Å². The Kier molecular flexibility index (Phi) is 5.21. The van der Waals surface area contributed by atoms with Crippen molar-refractivity contribution >= 4 is 21.6 Å². The van der Waals surface area contributed by atoms with E-state index in [1.165, 1.54) is 6.07 Å². The van der Waals surface area contributed by atoms with Gasteiger partial charge in [0.25, 0.3) is 0 Å². The maximum absolute atomic E-state index is 13.6.